The van der Waals surface area contributed by atoms with E-state index in [0.717, 1.165) is 6.42 Å². The van der Waals surface area contributed by atoms with E-state index in [1.165, 1.54) is 6.26 Å². The Morgan fingerprint density at radius 2 is 2.17 bits per heavy atom. The van der Waals surface area contributed by atoms with Gasteiger partial charge in [0.05, 0.1) is 0 Å². The van der Waals surface area contributed by atoms with Crippen molar-refractivity contribution in [2.45, 2.75) is 20.3 Å². The molecule has 0 aliphatic rings. The maximum absolute atomic E-state index is 5.61. The Morgan fingerprint density at radius 1 is 1.33 bits per heavy atom. The fraction of sp³-hybridized carbons (Fsp3) is 0.286. The van der Waals surface area contributed by atoms with Crippen LogP contribution in [0.2, 0.25) is 0 Å². The predicted molar refractivity (Wildman–Crippen MR) is 70.5 cm³/mol. The van der Waals surface area contributed by atoms with Crippen molar-refractivity contribution in [1.29, 1.82) is 0 Å². The first-order valence-corrected chi connectivity index (χ1v) is 5.82. The SMILES string of the molecule is CC(C)CC#Cc1coc(-c2cccc(N)n2)n1. The number of aromatic nitrogens is 2. The monoisotopic (exact) mass is 241 g/mol. The van der Waals surface area contributed by atoms with Crippen molar-refractivity contribution < 1.29 is 4.42 Å². The second-order valence-corrected chi connectivity index (χ2v) is 4.39. The largest absolute Gasteiger partial charge is 0.442 e. The van der Waals surface area contributed by atoms with Gasteiger partial charge < -0.3 is 10.2 Å². The van der Waals surface area contributed by atoms with Gasteiger partial charge in [-0.25, -0.2) is 4.98 Å². The third-order valence-corrected chi connectivity index (χ3v) is 2.22. The highest BCUT2D eigenvalue weighted by Crippen LogP contribution is 2.16. The first kappa shape index (κ1) is 12.2. The lowest BCUT2D eigenvalue weighted by molar-refractivity contribution is 0.572. The highest BCUT2D eigenvalue weighted by Gasteiger charge is 2.06. The lowest BCUT2D eigenvalue weighted by Gasteiger charge is -1.94. The third-order valence-electron chi connectivity index (χ3n) is 2.22. The van der Waals surface area contributed by atoms with Gasteiger partial charge >= 0.3 is 0 Å². The summed E-state index contributed by atoms with van der Waals surface area (Å²) in [5.74, 6) is 7.47. The summed E-state index contributed by atoms with van der Waals surface area (Å²) >= 11 is 0. The van der Waals surface area contributed by atoms with Crippen LogP contribution in [0.3, 0.4) is 0 Å². The summed E-state index contributed by atoms with van der Waals surface area (Å²) < 4.78 is 5.33. The topological polar surface area (TPSA) is 64.9 Å². The Morgan fingerprint density at radius 3 is 2.89 bits per heavy atom. The van der Waals surface area contributed by atoms with Crippen LogP contribution in [0.4, 0.5) is 5.82 Å². The molecule has 0 radical (unpaired) electrons. The normalized spacial score (nSPS) is 10.2. The van der Waals surface area contributed by atoms with Gasteiger partial charge in [-0.3, -0.25) is 0 Å². The van der Waals surface area contributed by atoms with Crippen molar-refractivity contribution in [3.05, 3.63) is 30.2 Å². The number of nitrogens with zero attached hydrogens (tertiary/aromatic N) is 2. The third kappa shape index (κ3) is 3.11. The van der Waals surface area contributed by atoms with Gasteiger partial charge in [0.25, 0.3) is 0 Å². The average molecular weight is 241 g/mol. The number of nitrogen functional groups attached to an aromatic ring is 1. The Kier molecular flexibility index (Phi) is 3.63. The first-order valence-electron chi connectivity index (χ1n) is 5.82. The minimum Gasteiger partial charge on any atom is -0.442 e. The maximum Gasteiger partial charge on any atom is 0.246 e. The fourth-order valence-electron chi connectivity index (χ4n) is 1.37. The van der Waals surface area contributed by atoms with Crippen LogP contribution in [0.15, 0.2) is 28.9 Å². The fourth-order valence-corrected chi connectivity index (χ4v) is 1.37. The Bertz CT molecular complexity index is 590. The molecule has 92 valence electrons. The van der Waals surface area contributed by atoms with Crippen molar-refractivity contribution in [2.24, 2.45) is 5.92 Å². The van der Waals surface area contributed by atoms with Gasteiger partial charge in [-0.2, -0.15) is 4.98 Å². The van der Waals surface area contributed by atoms with Crippen LogP contribution in [0.25, 0.3) is 11.6 Å². The number of rotatable bonds is 2. The highest BCUT2D eigenvalue weighted by atomic mass is 16.3. The molecule has 2 heterocycles. The minimum absolute atomic E-state index is 0.441. The first-order chi connectivity index (χ1) is 8.65. The zero-order chi connectivity index (χ0) is 13.0. The van der Waals surface area contributed by atoms with Gasteiger partial charge in [-0.15, -0.1) is 0 Å². The van der Waals surface area contributed by atoms with E-state index < -0.39 is 0 Å². The molecule has 0 spiro atoms. The Labute approximate surface area is 106 Å². The Hall–Kier alpha value is -2.28. The molecule has 0 saturated heterocycles. The highest BCUT2D eigenvalue weighted by molar-refractivity contribution is 5.51. The number of anilines is 1. The van der Waals surface area contributed by atoms with Crippen LogP contribution in [0.1, 0.15) is 26.0 Å². The lowest BCUT2D eigenvalue weighted by atomic mass is 10.1. The van der Waals surface area contributed by atoms with Gasteiger partial charge in [0.15, 0.2) is 5.69 Å². The maximum atomic E-state index is 5.61. The molecule has 0 saturated carbocycles. The zero-order valence-electron chi connectivity index (χ0n) is 10.5. The molecule has 0 unspecified atom stereocenters. The molecule has 4 nitrogen and oxygen atoms in total. The summed E-state index contributed by atoms with van der Waals surface area (Å²) in [4.78, 5) is 8.40. The molecule has 4 heteroatoms. The van der Waals surface area contributed by atoms with Crippen LogP contribution in [-0.2, 0) is 0 Å². The summed E-state index contributed by atoms with van der Waals surface area (Å²) in [6, 6.07) is 5.33. The molecule has 2 rings (SSSR count). The molecular formula is C14H15N3O. The van der Waals surface area contributed by atoms with Gasteiger partial charge in [0.1, 0.15) is 17.8 Å². The number of nitrogens with two attached hydrogens (primary N) is 1. The van der Waals surface area contributed by atoms with Crippen LogP contribution >= 0.6 is 0 Å². The van der Waals surface area contributed by atoms with Crippen LogP contribution in [0.5, 0.6) is 0 Å². The molecule has 0 aliphatic carbocycles. The minimum atomic E-state index is 0.441. The standard InChI is InChI=1S/C14H15N3O/c1-10(2)5-3-6-11-9-18-14(16-11)12-7-4-8-13(15)17-12/h4,7-10H,5H2,1-2H3,(H2,15,17). The lowest BCUT2D eigenvalue weighted by Crippen LogP contribution is -1.91. The van der Waals surface area contributed by atoms with E-state index in [1.54, 1.807) is 12.1 Å². The van der Waals surface area contributed by atoms with Gasteiger partial charge in [0.2, 0.25) is 5.89 Å². The van der Waals surface area contributed by atoms with Crippen molar-refractivity contribution in [2.75, 3.05) is 5.73 Å². The van der Waals surface area contributed by atoms with E-state index in [9.17, 15) is 0 Å². The second kappa shape index (κ2) is 5.37. The van der Waals surface area contributed by atoms with Crippen molar-refractivity contribution in [3.8, 4) is 23.4 Å². The zero-order valence-corrected chi connectivity index (χ0v) is 10.5. The smallest absolute Gasteiger partial charge is 0.246 e. The molecule has 0 atom stereocenters. The molecule has 2 aromatic rings. The van der Waals surface area contributed by atoms with Crippen LogP contribution < -0.4 is 5.73 Å². The van der Waals surface area contributed by atoms with Crippen LogP contribution in [-0.4, -0.2) is 9.97 Å². The Balaban J connectivity index is 2.17. The molecule has 0 fully saturated rings. The van der Waals surface area contributed by atoms with E-state index in [4.69, 9.17) is 10.2 Å². The number of hydrogen-bond donors (Lipinski definition) is 1. The molecular weight excluding hydrogens is 226 g/mol. The molecule has 0 aliphatic heterocycles. The van der Waals surface area contributed by atoms with Crippen molar-refractivity contribution in [1.82, 2.24) is 9.97 Å². The van der Waals surface area contributed by atoms with Crippen molar-refractivity contribution >= 4 is 5.82 Å². The molecule has 2 aromatic heterocycles. The van der Waals surface area contributed by atoms with Gasteiger partial charge in [0, 0.05) is 6.42 Å². The van der Waals surface area contributed by atoms with Crippen molar-refractivity contribution in [3.63, 3.8) is 0 Å². The number of pyridine rings is 1. The summed E-state index contributed by atoms with van der Waals surface area (Å²) in [6.45, 7) is 4.25. The number of oxazole rings is 1. The second-order valence-electron chi connectivity index (χ2n) is 4.39. The van der Waals surface area contributed by atoms with E-state index in [-0.39, 0.29) is 0 Å². The number of hydrogen-bond acceptors (Lipinski definition) is 4. The predicted octanol–water partition coefficient (Wildman–Crippen LogP) is 2.72. The molecule has 18 heavy (non-hydrogen) atoms. The van der Waals surface area contributed by atoms with Gasteiger partial charge in [-0.1, -0.05) is 25.8 Å². The summed E-state index contributed by atoms with van der Waals surface area (Å²) in [6.07, 6.45) is 2.38. The van der Waals surface area contributed by atoms with Crippen LogP contribution in [0, 0.1) is 17.8 Å². The molecule has 0 amide bonds. The quantitative estimate of drug-likeness (QED) is 0.821. The molecule has 0 aromatic carbocycles. The molecule has 0 bridgehead atoms. The van der Waals surface area contributed by atoms with E-state index in [2.05, 4.69) is 35.7 Å². The van der Waals surface area contributed by atoms with Gasteiger partial charge in [-0.05, 0) is 24.0 Å². The summed E-state index contributed by atoms with van der Waals surface area (Å²) in [5.41, 5.74) is 6.85. The summed E-state index contributed by atoms with van der Waals surface area (Å²) in [5, 5.41) is 0. The average Bonchev–Trinajstić information content (AvgIpc) is 2.77. The van der Waals surface area contributed by atoms with E-state index in [1.807, 2.05) is 6.07 Å². The van der Waals surface area contributed by atoms with E-state index in [0.29, 0.717) is 29.0 Å². The molecule has 2 N–H and O–H groups in total. The van der Waals surface area contributed by atoms with E-state index >= 15 is 0 Å². The summed E-state index contributed by atoms with van der Waals surface area (Å²) in [7, 11) is 0.